The van der Waals surface area contributed by atoms with Gasteiger partial charge in [0.1, 0.15) is 0 Å². The van der Waals surface area contributed by atoms with Crippen LogP contribution in [0.5, 0.6) is 0 Å². The average Bonchev–Trinajstić information content (AvgIpc) is 2.89. The Morgan fingerprint density at radius 1 is 1.09 bits per heavy atom. The monoisotopic (exact) mass is 416 g/mol. The third-order valence-electron chi connectivity index (χ3n) is 4.40. The van der Waals surface area contributed by atoms with Crippen molar-refractivity contribution in [1.29, 1.82) is 0 Å². The van der Waals surface area contributed by atoms with Gasteiger partial charge in [-0.05, 0) is 24.8 Å². The number of hydrogen-bond donors (Lipinski definition) is 0. The molecule has 3 rings (SSSR count). The van der Waals surface area contributed by atoms with Crippen LogP contribution in [0.25, 0.3) is 0 Å². The van der Waals surface area contributed by atoms with Crippen LogP contribution in [0.15, 0.2) is 30.3 Å². The molecular weight excluding hydrogens is 391 g/mol. The van der Waals surface area contributed by atoms with E-state index in [2.05, 4.69) is 34.7 Å². The van der Waals surface area contributed by atoms with Crippen LogP contribution >= 0.6 is 22.6 Å². The first kappa shape index (κ1) is 16.7. The molecule has 0 amide bonds. The van der Waals surface area contributed by atoms with Crippen LogP contribution in [-0.2, 0) is 20.8 Å². The van der Waals surface area contributed by atoms with Crippen LogP contribution in [0, 0.1) is 0 Å². The minimum atomic E-state index is -0.0472. The van der Waals surface area contributed by atoms with E-state index in [1.165, 1.54) is 37.7 Å². The highest BCUT2D eigenvalue weighted by molar-refractivity contribution is 14.1. The predicted octanol–water partition coefficient (Wildman–Crippen LogP) is 4.47. The Morgan fingerprint density at radius 2 is 1.86 bits per heavy atom. The molecule has 0 aromatic heterocycles. The van der Waals surface area contributed by atoms with Gasteiger partial charge in [-0.15, -0.1) is 0 Å². The fraction of sp³-hybridized carbons (Fsp3) is 0.667. The molecule has 1 saturated heterocycles. The van der Waals surface area contributed by atoms with Crippen LogP contribution < -0.4 is 0 Å². The number of benzene rings is 1. The Hall–Kier alpha value is -0.170. The lowest BCUT2D eigenvalue weighted by Gasteiger charge is -2.26. The standard InChI is InChI=1S/C18H25IO3/c19-17-11-16(13-20-12-14-7-3-1-4-8-14)22-18(17)21-15-9-5-2-6-10-15/h1,3-4,7-8,15-18H,2,5-6,9-13H2/t16-,17-,18-/m0/s1. The number of rotatable bonds is 6. The summed E-state index contributed by atoms with van der Waals surface area (Å²) in [6.45, 7) is 1.31. The third kappa shape index (κ3) is 4.91. The fourth-order valence-electron chi connectivity index (χ4n) is 3.19. The van der Waals surface area contributed by atoms with Crippen molar-refractivity contribution >= 4 is 22.6 Å². The number of hydrogen-bond acceptors (Lipinski definition) is 3. The largest absolute Gasteiger partial charge is 0.374 e. The van der Waals surface area contributed by atoms with Crippen LogP contribution in [-0.4, -0.2) is 29.0 Å². The predicted molar refractivity (Wildman–Crippen MR) is 95.1 cm³/mol. The van der Waals surface area contributed by atoms with Gasteiger partial charge < -0.3 is 14.2 Å². The summed E-state index contributed by atoms with van der Waals surface area (Å²) in [7, 11) is 0. The van der Waals surface area contributed by atoms with Gasteiger partial charge in [0.25, 0.3) is 0 Å². The van der Waals surface area contributed by atoms with E-state index in [9.17, 15) is 0 Å². The zero-order valence-electron chi connectivity index (χ0n) is 13.0. The third-order valence-corrected chi connectivity index (χ3v) is 5.50. The smallest absolute Gasteiger partial charge is 0.170 e. The molecule has 2 fully saturated rings. The van der Waals surface area contributed by atoms with E-state index in [4.69, 9.17) is 14.2 Å². The molecule has 3 nitrogen and oxygen atoms in total. The Labute approximate surface area is 146 Å². The Kier molecular flexibility index (Phi) is 6.53. The summed E-state index contributed by atoms with van der Waals surface area (Å²) in [5, 5.41) is 0. The van der Waals surface area contributed by atoms with Gasteiger partial charge in [0.2, 0.25) is 0 Å². The van der Waals surface area contributed by atoms with Gasteiger partial charge in [0, 0.05) is 0 Å². The summed E-state index contributed by atoms with van der Waals surface area (Å²) in [5.74, 6) is 0. The summed E-state index contributed by atoms with van der Waals surface area (Å²) >= 11 is 2.46. The minimum Gasteiger partial charge on any atom is -0.374 e. The molecule has 22 heavy (non-hydrogen) atoms. The lowest BCUT2D eigenvalue weighted by Crippen LogP contribution is -2.28. The second-order valence-corrected chi connectivity index (χ2v) is 7.87. The molecule has 122 valence electrons. The van der Waals surface area contributed by atoms with E-state index in [1.54, 1.807) is 0 Å². The van der Waals surface area contributed by atoms with Gasteiger partial charge in [0.15, 0.2) is 6.29 Å². The van der Waals surface area contributed by atoms with Gasteiger partial charge in [-0.3, -0.25) is 0 Å². The van der Waals surface area contributed by atoms with E-state index < -0.39 is 0 Å². The first-order valence-corrected chi connectivity index (χ1v) is 9.62. The topological polar surface area (TPSA) is 27.7 Å². The Balaban J connectivity index is 1.38. The highest BCUT2D eigenvalue weighted by Crippen LogP contribution is 2.31. The molecule has 1 aromatic carbocycles. The van der Waals surface area contributed by atoms with Crippen LogP contribution in [0.1, 0.15) is 44.1 Å². The molecule has 0 bridgehead atoms. The van der Waals surface area contributed by atoms with Crippen molar-refractivity contribution < 1.29 is 14.2 Å². The average molecular weight is 416 g/mol. The van der Waals surface area contributed by atoms with Crippen LogP contribution in [0.4, 0.5) is 0 Å². The molecular formula is C18H25IO3. The maximum Gasteiger partial charge on any atom is 0.170 e. The van der Waals surface area contributed by atoms with Crippen molar-refractivity contribution in [3.05, 3.63) is 35.9 Å². The number of alkyl halides is 1. The molecule has 4 heteroatoms. The lowest BCUT2D eigenvalue weighted by atomic mass is 9.98. The molecule has 0 radical (unpaired) electrons. The summed E-state index contributed by atoms with van der Waals surface area (Å²) in [5.41, 5.74) is 1.21. The van der Waals surface area contributed by atoms with E-state index >= 15 is 0 Å². The highest BCUT2D eigenvalue weighted by Gasteiger charge is 2.36. The normalized spacial score (nSPS) is 29.8. The van der Waals surface area contributed by atoms with Crippen molar-refractivity contribution in [1.82, 2.24) is 0 Å². The zero-order valence-corrected chi connectivity index (χ0v) is 15.1. The van der Waals surface area contributed by atoms with Gasteiger partial charge in [-0.25, -0.2) is 0 Å². The Morgan fingerprint density at radius 3 is 2.64 bits per heavy atom. The Bertz CT molecular complexity index is 433. The molecule has 2 aliphatic rings. The summed E-state index contributed by atoms with van der Waals surface area (Å²) in [6.07, 6.45) is 7.88. The van der Waals surface area contributed by atoms with Crippen LogP contribution in [0.3, 0.4) is 0 Å². The molecule has 0 N–H and O–H groups in total. The second-order valence-electron chi connectivity index (χ2n) is 6.28. The number of ether oxygens (including phenoxy) is 3. The molecule has 1 heterocycles. The second kappa shape index (κ2) is 8.62. The van der Waals surface area contributed by atoms with Crippen molar-refractivity contribution in [2.24, 2.45) is 0 Å². The minimum absolute atomic E-state index is 0.0472. The highest BCUT2D eigenvalue weighted by atomic mass is 127. The molecule has 3 atom stereocenters. The SMILES string of the molecule is I[C@H]1C[C@@H](COCc2ccccc2)O[C@@H]1OC1CCCCC1. The van der Waals surface area contributed by atoms with E-state index in [0.717, 1.165) is 6.42 Å². The van der Waals surface area contributed by atoms with E-state index in [-0.39, 0.29) is 12.4 Å². The molecule has 1 aliphatic heterocycles. The molecule has 0 spiro atoms. The maximum atomic E-state index is 6.17. The van der Waals surface area contributed by atoms with Crippen molar-refractivity contribution in [2.45, 2.75) is 67.6 Å². The van der Waals surface area contributed by atoms with Crippen molar-refractivity contribution in [3.63, 3.8) is 0 Å². The lowest BCUT2D eigenvalue weighted by molar-refractivity contribution is -0.172. The van der Waals surface area contributed by atoms with Crippen LogP contribution in [0.2, 0.25) is 0 Å². The summed E-state index contributed by atoms with van der Waals surface area (Å²) in [6, 6.07) is 10.3. The molecule has 1 aliphatic carbocycles. The van der Waals surface area contributed by atoms with Crippen molar-refractivity contribution in [3.8, 4) is 0 Å². The van der Waals surface area contributed by atoms with Gasteiger partial charge in [-0.2, -0.15) is 0 Å². The van der Waals surface area contributed by atoms with Crippen molar-refractivity contribution in [2.75, 3.05) is 6.61 Å². The zero-order chi connectivity index (χ0) is 15.2. The molecule has 0 unspecified atom stereocenters. The maximum absolute atomic E-state index is 6.17. The fourth-order valence-corrected chi connectivity index (χ4v) is 4.10. The summed E-state index contributed by atoms with van der Waals surface area (Å²) < 4.78 is 18.5. The quantitative estimate of drug-likeness (QED) is 0.506. The molecule has 1 aromatic rings. The van der Waals surface area contributed by atoms with Gasteiger partial charge in [-0.1, -0.05) is 72.2 Å². The summed E-state index contributed by atoms with van der Waals surface area (Å²) in [4.78, 5) is 0. The van der Waals surface area contributed by atoms with Gasteiger partial charge in [0.05, 0.1) is 29.3 Å². The van der Waals surface area contributed by atoms with E-state index in [1.807, 2.05) is 18.2 Å². The van der Waals surface area contributed by atoms with E-state index in [0.29, 0.717) is 23.2 Å². The van der Waals surface area contributed by atoms with Gasteiger partial charge >= 0.3 is 0 Å². The first-order chi connectivity index (χ1) is 10.8. The number of halogens is 1. The molecule has 1 saturated carbocycles. The first-order valence-electron chi connectivity index (χ1n) is 8.38.